The molecule has 0 bridgehead atoms. The SMILES string of the molecule is COC[C@H](C)NC(=O)c1cc2ccccc2o1. The number of ether oxygens (including phenoxy) is 1. The van der Waals surface area contributed by atoms with Gasteiger partial charge >= 0.3 is 0 Å². The zero-order chi connectivity index (χ0) is 12.3. The Hall–Kier alpha value is -1.81. The molecule has 1 heterocycles. The van der Waals surface area contributed by atoms with Gasteiger partial charge in [0.2, 0.25) is 0 Å². The number of para-hydroxylation sites is 1. The summed E-state index contributed by atoms with van der Waals surface area (Å²) in [4.78, 5) is 11.8. The zero-order valence-electron chi connectivity index (χ0n) is 9.90. The fraction of sp³-hybridized carbons (Fsp3) is 0.308. The summed E-state index contributed by atoms with van der Waals surface area (Å²) < 4.78 is 10.4. The van der Waals surface area contributed by atoms with Crippen LogP contribution in [0.2, 0.25) is 0 Å². The molecular weight excluding hydrogens is 218 g/mol. The normalized spacial score (nSPS) is 12.6. The maximum absolute atomic E-state index is 11.8. The molecule has 0 saturated heterocycles. The van der Waals surface area contributed by atoms with Gasteiger partial charge in [-0.05, 0) is 19.1 Å². The summed E-state index contributed by atoms with van der Waals surface area (Å²) in [5, 5.41) is 3.73. The highest BCUT2D eigenvalue weighted by atomic mass is 16.5. The average Bonchev–Trinajstić information content (AvgIpc) is 2.72. The molecule has 0 saturated carbocycles. The van der Waals surface area contributed by atoms with Gasteiger partial charge < -0.3 is 14.5 Å². The van der Waals surface area contributed by atoms with E-state index >= 15 is 0 Å². The molecular formula is C13H15NO3. The highest BCUT2D eigenvalue weighted by molar-refractivity contribution is 5.96. The topological polar surface area (TPSA) is 51.5 Å². The van der Waals surface area contributed by atoms with Crippen molar-refractivity contribution in [2.45, 2.75) is 13.0 Å². The quantitative estimate of drug-likeness (QED) is 0.880. The van der Waals surface area contributed by atoms with E-state index in [4.69, 9.17) is 9.15 Å². The molecule has 2 aromatic rings. The summed E-state index contributed by atoms with van der Waals surface area (Å²) in [5.41, 5.74) is 0.719. The molecule has 0 aliphatic heterocycles. The standard InChI is InChI=1S/C13H15NO3/c1-9(8-16-2)14-13(15)12-7-10-5-3-4-6-11(10)17-12/h3-7,9H,8H2,1-2H3,(H,14,15)/t9-/m0/s1. The van der Waals surface area contributed by atoms with Gasteiger partial charge in [0.25, 0.3) is 5.91 Å². The predicted molar refractivity (Wildman–Crippen MR) is 65.0 cm³/mol. The van der Waals surface area contributed by atoms with Crippen LogP contribution in [0.15, 0.2) is 34.7 Å². The van der Waals surface area contributed by atoms with Crippen LogP contribution in [0.25, 0.3) is 11.0 Å². The number of benzene rings is 1. The smallest absolute Gasteiger partial charge is 0.287 e. The predicted octanol–water partition coefficient (Wildman–Crippen LogP) is 2.20. The number of methoxy groups -OCH3 is 1. The monoisotopic (exact) mass is 233 g/mol. The Morgan fingerprint density at radius 1 is 1.47 bits per heavy atom. The molecule has 0 radical (unpaired) electrons. The van der Waals surface area contributed by atoms with Gasteiger partial charge in [0.15, 0.2) is 5.76 Å². The molecule has 90 valence electrons. The van der Waals surface area contributed by atoms with E-state index in [0.29, 0.717) is 12.4 Å². The van der Waals surface area contributed by atoms with Crippen LogP contribution in [0, 0.1) is 0 Å². The fourth-order valence-electron chi connectivity index (χ4n) is 1.68. The Morgan fingerprint density at radius 2 is 2.24 bits per heavy atom. The molecule has 0 aliphatic rings. The van der Waals surface area contributed by atoms with Gasteiger partial charge in [-0.3, -0.25) is 4.79 Å². The van der Waals surface area contributed by atoms with Crippen molar-refractivity contribution < 1.29 is 13.9 Å². The second-order valence-corrected chi connectivity index (χ2v) is 3.98. The Bertz CT molecular complexity index is 485. The van der Waals surface area contributed by atoms with Gasteiger partial charge in [-0.1, -0.05) is 18.2 Å². The van der Waals surface area contributed by atoms with Crippen LogP contribution in [0.3, 0.4) is 0 Å². The molecule has 1 aromatic carbocycles. The van der Waals surface area contributed by atoms with Crippen LogP contribution in [0.5, 0.6) is 0 Å². The number of furan rings is 1. The Labute approximate surface area is 99.6 Å². The third-order valence-electron chi connectivity index (χ3n) is 2.44. The maximum Gasteiger partial charge on any atom is 0.287 e. The van der Waals surface area contributed by atoms with E-state index in [0.717, 1.165) is 11.0 Å². The molecule has 4 nitrogen and oxygen atoms in total. The average molecular weight is 233 g/mol. The largest absolute Gasteiger partial charge is 0.451 e. The van der Waals surface area contributed by atoms with E-state index in [1.807, 2.05) is 31.2 Å². The minimum atomic E-state index is -0.217. The first-order valence-corrected chi connectivity index (χ1v) is 5.49. The van der Waals surface area contributed by atoms with Crippen LogP contribution in [-0.2, 0) is 4.74 Å². The first-order chi connectivity index (χ1) is 8.20. The molecule has 0 fully saturated rings. The summed E-state index contributed by atoms with van der Waals surface area (Å²) in [6, 6.07) is 9.23. The molecule has 4 heteroatoms. The number of hydrogen-bond acceptors (Lipinski definition) is 3. The van der Waals surface area contributed by atoms with Crippen LogP contribution >= 0.6 is 0 Å². The Balaban J connectivity index is 2.13. The van der Waals surface area contributed by atoms with Crippen molar-refractivity contribution in [3.05, 3.63) is 36.1 Å². The van der Waals surface area contributed by atoms with Crippen molar-refractivity contribution in [3.8, 4) is 0 Å². The number of rotatable bonds is 4. The van der Waals surface area contributed by atoms with Gasteiger partial charge in [-0.15, -0.1) is 0 Å². The first-order valence-electron chi connectivity index (χ1n) is 5.49. The second kappa shape index (κ2) is 5.01. The highest BCUT2D eigenvalue weighted by Crippen LogP contribution is 2.18. The second-order valence-electron chi connectivity index (χ2n) is 3.98. The lowest BCUT2D eigenvalue weighted by Crippen LogP contribution is -2.35. The van der Waals surface area contributed by atoms with Crippen LogP contribution in [-0.4, -0.2) is 25.7 Å². The number of nitrogens with one attached hydrogen (secondary N) is 1. The van der Waals surface area contributed by atoms with E-state index in [1.54, 1.807) is 13.2 Å². The fourth-order valence-corrected chi connectivity index (χ4v) is 1.68. The number of carbonyl (C=O) groups is 1. The van der Waals surface area contributed by atoms with E-state index in [9.17, 15) is 4.79 Å². The minimum Gasteiger partial charge on any atom is -0.451 e. The molecule has 2 rings (SSSR count). The third kappa shape index (κ3) is 2.65. The first kappa shape index (κ1) is 11.7. The minimum absolute atomic E-state index is 0.0410. The number of carbonyl (C=O) groups excluding carboxylic acids is 1. The summed E-state index contributed by atoms with van der Waals surface area (Å²) in [7, 11) is 1.60. The van der Waals surface area contributed by atoms with E-state index in [1.165, 1.54) is 0 Å². The molecule has 0 spiro atoms. The molecule has 0 aliphatic carbocycles. The van der Waals surface area contributed by atoms with Crippen LogP contribution in [0.4, 0.5) is 0 Å². The Kier molecular flexibility index (Phi) is 3.44. The van der Waals surface area contributed by atoms with Gasteiger partial charge in [-0.2, -0.15) is 0 Å². The lowest BCUT2D eigenvalue weighted by Gasteiger charge is -2.10. The third-order valence-corrected chi connectivity index (χ3v) is 2.44. The van der Waals surface area contributed by atoms with Crippen molar-refractivity contribution in [1.29, 1.82) is 0 Å². The summed E-state index contributed by atoms with van der Waals surface area (Å²) in [5.74, 6) is 0.111. The van der Waals surface area contributed by atoms with E-state index < -0.39 is 0 Å². The maximum atomic E-state index is 11.8. The molecule has 1 amide bonds. The van der Waals surface area contributed by atoms with Crippen LogP contribution < -0.4 is 5.32 Å². The number of amides is 1. The Morgan fingerprint density at radius 3 is 2.94 bits per heavy atom. The number of hydrogen-bond donors (Lipinski definition) is 1. The highest BCUT2D eigenvalue weighted by Gasteiger charge is 2.14. The van der Waals surface area contributed by atoms with Gasteiger partial charge in [0.1, 0.15) is 5.58 Å². The van der Waals surface area contributed by atoms with E-state index in [2.05, 4.69) is 5.32 Å². The molecule has 1 aromatic heterocycles. The molecule has 1 N–H and O–H groups in total. The molecule has 17 heavy (non-hydrogen) atoms. The number of fused-ring (bicyclic) bond motifs is 1. The summed E-state index contributed by atoms with van der Waals surface area (Å²) >= 11 is 0. The lowest BCUT2D eigenvalue weighted by molar-refractivity contribution is 0.0880. The van der Waals surface area contributed by atoms with Crippen LogP contribution in [0.1, 0.15) is 17.5 Å². The summed E-state index contributed by atoms with van der Waals surface area (Å²) in [6.45, 7) is 2.36. The van der Waals surface area contributed by atoms with Gasteiger partial charge in [0, 0.05) is 18.5 Å². The van der Waals surface area contributed by atoms with Crippen molar-refractivity contribution in [2.75, 3.05) is 13.7 Å². The van der Waals surface area contributed by atoms with Gasteiger partial charge in [0.05, 0.1) is 6.61 Å². The molecule has 0 unspecified atom stereocenters. The zero-order valence-corrected chi connectivity index (χ0v) is 9.90. The van der Waals surface area contributed by atoms with Crippen molar-refractivity contribution >= 4 is 16.9 Å². The lowest BCUT2D eigenvalue weighted by atomic mass is 10.2. The van der Waals surface area contributed by atoms with E-state index in [-0.39, 0.29) is 11.9 Å². The summed E-state index contributed by atoms with van der Waals surface area (Å²) in [6.07, 6.45) is 0. The van der Waals surface area contributed by atoms with Crippen molar-refractivity contribution in [1.82, 2.24) is 5.32 Å². The molecule has 1 atom stereocenters. The van der Waals surface area contributed by atoms with Crippen molar-refractivity contribution in [3.63, 3.8) is 0 Å². The van der Waals surface area contributed by atoms with Crippen molar-refractivity contribution in [2.24, 2.45) is 0 Å². The van der Waals surface area contributed by atoms with Gasteiger partial charge in [-0.25, -0.2) is 0 Å².